The zero-order valence-electron chi connectivity index (χ0n) is 10.4. The van der Waals surface area contributed by atoms with Gasteiger partial charge in [-0.05, 0) is 18.8 Å². The average Bonchev–Trinajstić information content (AvgIpc) is 2.30. The van der Waals surface area contributed by atoms with Crippen molar-refractivity contribution in [2.24, 2.45) is 5.92 Å². The smallest absolute Gasteiger partial charge is 0.305 e. The number of rotatable bonds is 8. The van der Waals surface area contributed by atoms with E-state index in [4.69, 9.17) is 14.7 Å². The Bertz CT molecular complexity index is 235. The van der Waals surface area contributed by atoms with Crippen molar-refractivity contribution in [1.29, 1.82) is 5.26 Å². The Kier molecular flexibility index (Phi) is 8.32. The summed E-state index contributed by atoms with van der Waals surface area (Å²) >= 11 is 0. The lowest BCUT2D eigenvalue weighted by molar-refractivity contribution is -0.144. The highest BCUT2D eigenvalue weighted by Gasteiger charge is 2.18. The molecule has 0 saturated carbocycles. The molecule has 0 N–H and O–H groups in total. The standard InChI is InChI=1S/C12H21NO3/c1-4-8-15-12(14)7-6-11(16-9-13)10(3)5-2/h10-11H,4-8H2,1-3H3. The molecule has 0 radical (unpaired) electrons. The van der Waals surface area contributed by atoms with E-state index in [1.54, 1.807) is 6.26 Å². The highest BCUT2D eigenvalue weighted by molar-refractivity contribution is 5.69. The summed E-state index contributed by atoms with van der Waals surface area (Å²) in [6.07, 6.45) is 4.14. The van der Waals surface area contributed by atoms with Gasteiger partial charge >= 0.3 is 5.97 Å². The molecule has 0 aromatic rings. The zero-order valence-corrected chi connectivity index (χ0v) is 10.4. The third-order valence-corrected chi connectivity index (χ3v) is 2.58. The third kappa shape index (κ3) is 6.28. The van der Waals surface area contributed by atoms with Crippen molar-refractivity contribution in [3.8, 4) is 6.26 Å². The molecule has 0 spiro atoms. The molecule has 0 aliphatic heterocycles. The number of ether oxygens (including phenoxy) is 2. The fourth-order valence-electron chi connectivity index (χ4n) is 1.34. The Balaban J connectivity index is 3.92. The van der Waals surface area contributed by atoms with E-state index in [9.17, 15) is 4.79 Å². The molecular formula is C12H21NO3. The van der Waals surface area contributed by atoms with E-state index < -0.39 is 0 Å². The van der Waals surface area contributed by atoms with E-state index in [1.165, 1.54) is 0 Å². The Labute approximate surface area is 97.5 Å². The fraction of sp³-hybridized carbons (Fsp3) is 0.833. The molecule has 0 aromatic heterocycles. The van der Waals surface area contributed by atoms with E-state index in [2.05, 4.69) is 0 Å². The Morgan fingerprint density at radius 1 is 1.44 bits per heavy atom. The van der Waals surface area contributed by atoms with Crippen molar-refractivity contribution in [2.75, 3.05) is 6.61 Å². The summed E-state index contributed by atoms with van der Waals surface area (Å²) in [7, 11) is 0. The lowest BCUT2D eigenvalue weighted by atomic mass is 9.98. The van der Waals surface area contributed by atoms with E-state index in [0.29, 0.717) is 19.4 Å². The highest BCUT2D eigenvalue weighted by Crippen LogP contribution is 2.16. The van der Waals surface area contributed by atoms with Gasteiger partial charge in [-0.15, -0.1) is 0 Å². The second-order valence-electron chi connectivity index (χ2n) is 3.89. The summed E-state index contributed by atoms with van der Waals surface area (Å²) in [5, 5.41) is 8.50. The SMILES string of the molecule is CCCOC(=O)CCC(OC#N)C(C)CC. The minimum atomic E-state index is -0.211. The molecule has 2 unspecified atom stereocenters. The van der Waals surface area contributed by atoms with Crippen LogP contribution in [0.5, 0.6) is 0 Å². The van der Waals surface area contributed by atoms with E-state index in [-0.39, 0.29) is 18.0 Å². The van der Waals surface area contributed by atoms with E-state index in [0.717, 1.165) is 12.8 Å². The van der Waals surface area contributed by atoms with Crippen LogP contribution in [-0.4, -0.2) is 18.7 Å². The minimum Gasteiger partial charge on any atom is -0.466 e. The van der Waals surface area contributed by atoms with Crippen LogP contribution < -0.4 is 0 Å². The summed E-state index contributed by atoms with van der Waals surface area (Å²) < 4.78 is 9.90. The summed E-state index contributed by atoms with van der Waals surface area (Å²) in [4.78, 5) is 11.3. The van der Waals surface area contributed by atoms with Crippen molar-refractivity contribution < 1.29 is 14.3 Å². The first-order valence-corrected chi connectivity index (χ1v) is 5.86. The number of carbonyl (C=O) groups excluding carboxylic acids is 1. The van der Waals surface area contributed by atoms with Gasteiger partial charge in [-0.2, -0.15) is 5.26 Å². The van der Waals surface area contributed by atoms with Crippen molar-refractivity contribution >= 4 is 5.97 Å². The summed E-state index contributed by atoms with van der Waals surface area (Å²) in [5.74, 6) is 0.0651. The summed E-state index contributed by atoms with van der Waals surface area (Å²) in [6, 6.07) is 0. The second-order valence-corrected chi connectivity index (χ2v) is 3.89. The van der Waals surface area contributed by atoms with Crippen molar-refractivity contribution in [3.63, 3.8) is 0 Å². The van der Waals surface area contributed by atoms with Crippen LogP contribution in [0.1, 0.15) is 46.5 Å². The number of esters is 1. The number of nitriles is 1. The second kappa shape index (κ2) is 9.02. The first-order chi connectivity index (χ1) is 7.65. The summed E-state index contributed by atoms with van der Waals surface area (Å²) in [6.45, 7) is 6.47. The Morgan fingerprint density at radius 2 is 2.12 bits per heavy atom. The molecule has 0 bridgehead atoms. The van der Waals surface area contributed by atoms with Crippen LogP contribution in [0, 0.1) is 17.4 Å². The van der Waals surface area contributed by atoms with Crippen LogP contribution in [0.4, 0.5) is 0 Å². The van der Waals surface area contributed by atoms with Gasteiger partial charge in [0.05, 0.1) is 6.61 Å². The Morgan fingerprint density at radius 3 is 2.62 bits per heavy atom. The van der Waals surface area contributed by atoms with E-state index in [1.807, 2.05) is 20.8 Å². The maximum atomic E-state index is 11.3. The van der Waals surface area contributed by atoms with E-state index >= 15 is 0 Å². The van der Waals surface area contributed by atoms with Crippen LogP contribution in [0.2, 0.25) is 0 Å². The van der Waals surface area contributed by atoms with Gasteiger partial charge in [0.15, 0.2) is 0 Å². The van der Waals surface area contributed by atoms with Crippen LogP contribution in [0.3, 0.4) is 0 Å². The maximum absolute atomic E-state index is 11.3. The average molecular weight is 227 g/mol. The molecule has 2 atom stereocenters. The molecule has 0 rings (SSSR count). The molecule has 0 heterocycles. The van der Waals surface area contributed by atoms with Crippen LogP contribution >= 0.6 is 0 Å². The quantitative estimate of drug-likeness (QED) is 0.472. The molecule has 4 nitrogen and oxygen atoms in total. The first kappa shape index (κ1) is 14.8. The molecule has 92 valence electrons. The first-order valence-electron chi connectivity index (χ1n) is 5.86. The number of hydrogen-bond donors (Lipinski definition) is 0. The predicted molar refractivity (Wildman–Crippen MR) is 60.4 cm³/mol. The maximum Gasteiger partial charge on any atom is 0.305 e. The molecule has 0 fully saturated rings. The van der Waals surface area contributed by atoms with Gasteiger partial charge in [0.1, 0.15) is 6.10 Å². The molecule has 0 aliphatic rings. The van der Waals surface area contributed by atoms with Gasteiger partial charge in [0.2, 0.25) is 0 Å². The molecule has 0 amide bonds. The van der Waals surface area contributed by atoms with Gasteiger partial charge in [-0.3, -0.25) is 4.79 Å². The van der Waals surface area contributed by atoms with Gasteiger partial charge < -0.3 is 9.47 Å². The molecule has 0 aromatic carbocycles. The summed E-state index contributed by atoms with van der Waals surface area (Å²) in [5.41, 5.74) is 0. The van der Waals surface area contributed by atoms with Gasteiger partial charge in [0.25, 0.3) is 6.26 Å². The number of hydrogen-bond acceptors (Lipinski definition) is 4. The predicted octanol–water partition coefficient (Wildman–Crippen LogP) is 2.63. The van der Waals surface area contributed by atoms with Crippen molar-refractivity contribution in [2.45, 2.75) is 52.6 Å². The molecule has 0 aliphatic carbocycles. The molecule has 0 saturated heterocycles. The van der Waals surface area contributed by atoms with Crippen LogP contribution in [0.25, 0.3) is 0 Å². The molecular weight excluding hydrogens is 206 g/mol. The normalized spacial score (nSPS) is 13.6. The fourth-order valence-corrected chi connectivity index (χ4v) is 1.34. The number of carbonyl (C=O) groups is 1. The molecule has 4 heteroatoms. The lowest BCUT2D eigenvalue weighted by Gasteiger charge is -2.19. The monoisotopic (exact) mass is 227 g/mol. The minimum absolute atomic E-state index is 0.177. The third-order valence-electron chi connectivity index (χ3n) is 2.58. The Hall–Kier alpha value is -1.24. The lowest BCUT2D eigenvalue weighted by Crippen LogP contribution is -2.21. The topological polar surface area (TPSA) is 59.3 Å². The van der Waals surface area contributed by atoms with Gasteiger partial charge in [-0.1, -0.05) is 27.2 Å². The molecule has 16 heavy (non-hydrogen) atoms. The van der Waals surface area contributed by atoms with Gasteiger partial charge in [-0.25, -0.2) is 0 Å². The van der Waals surface area contributed by atoms with Crippen molar-refractivity contribution in [1.82, 2.24) is 0 Å². The van der Waals surface area contributed by atoms with Gasteiger partial charge in [0, 0.05) is 6.42 Å². The largest absolute Gasteiger partial charge is 0.466 e. The van der Waals surface area contributed by atoms with Crippen LogP contribution in [-0.2, 0) is 14.3 Å². The zero-order chi connectivity index (χ0) is 12.4. The van der Waals surface area contributed by atoms with Crippen molar-refractivity contribution in [3.05, 3.63) is 0 Å². The van der Waals surface area contributed by atoms with Crippen LogP contribution in [0.15, 0.2) is 0 Å². The highest BCUT2D eigenvalue weighted by atomic mass is 16.5. The number of nitrogens with zero attached hydrogens (tertiary/aromatic N) is 1.